The fraction of sp³-hybridized carbons (Fsp3) is 0.938. The van der Waals surface area contributed by atoms with E-state index in [4.69, 9.17) is 0 Å². The standard InChI is InChI=1S/C16H30N2O/c1-2-18(15-11-7-4-8-12-15)16(19)17-13-14-9-5-3-6-10-14/h14-15H,2-13H2,1H3,(H,17,19). The number of hydrogen-bond acceptors (Lipinski definition) is 1. The molecule has 2 fully saturated rings. The van der Waals surface area contributed by atoms with Crippen molar-refractivity contribution in [1.29, 1.82) is 0 Å². The zero-order valence-corrected chi connectivity index (χ0v) is 12.5. The smallest absolute Gasteiger partial charge is 0.317 e. The summed E-state index contributed by atoms with van der Waals surface area (Å²) in [6, 6.07) is 0.671. The molecule has 0 bridgehead atoms. The SMILES string of the molecule is CCN(C(=O)NCC1CCCCC1)C1CCCCC1. The summed E-state index contributed by atoms with van der Waals surface area (Å²) in [4.78, 5) is 14.4. The van der Waals surface area contributed by atoms with Crippen LogP contribution in [0.5, 0.6) is 0 Å². The first-order valence-corrected chi connectivity index (χ1v) is 8.35. The topological polar surface area (TPSA) is 32.3 Å². The Morgan fingerprint density at radius 2 is 1.58 bits per heavy atom. The highest BCUT2D eigenvalue weighted by Gasteiger charge is 2.24. The highest BCUT2D eigenvalue weighted by Crippen LogP contribution is 2.24. The Bertz CT molecular complexity index is 268. The van der Waals surface area contributed by atoms with Crippen molar-refractivity contribution in [2.45, 2.75) is 77.2 Å². The molecule has 3 heteroatoms. The van der Waals surface area contributed by atoms with Crippen LogP contribution in [0.25, 0.3) is 0 Å². The summed E-state index contributed by atoms with van der Waals surface area (Å²) in [5, 5.41) is 3.19. The zero-order chi connectivity index (χ0) is 13.5. The lowest BCUT2D eigenvalue weighted by Gasteiger charge is -2.34. The molecule has 0 saturated heterocycles. The maximum absolute atomic E-state index is 12.3. The molecule has 0 aromatic rings. The largest absolute Gasteiger partial charge is 0.338 e. The predicted octanol–water partition coefficient (Wildman–Crippen LogP) is 3.93. The molecule has 0 atom stereocenters. The van der Waals surface area contributed by atoms with E-state index in [0.717, 1.165) is 19.0 Å². The van der Waals surface area contributed by atoms with Crippen molar-refractivity contribution in [2.75, 3.05) is 13.1 Å². The van der Waals surface area contributed by atoms with Crippen LogP contribution in [0.3, 0.4) is 0 Å². The number of carbonyl (C=O) groups excluding carboxylic acids is 1. The first kappa shape index (κ1) is 14.7. The van der Waals surface area contributed by atoms with Crippen molar-refractivity contribution < 1.29 is 4.79 Å². The molecule has 2 saturated carbocycles. The molecule has 0 unspecified atom stereocenters. The van der Waals surface area contributed by atoms with Crippen LogP contribution in [-0.2, 0) is 0 Å². The van der Waals surface area contributed by atoms with Gasteiger partial charge in [-0.3, -0.25) is 0 Å². The van der Waals surface area contributed by atoms with Crippen molar-refractivity contribution >= 4 is 6.03 Å². The van der Waals surface area contributed by atoms with Crippen molar-refractivity contribution in [3.8, 4) is 0 Å². The van der Waals surface area contributed by atoms with Gasteiger partial charge in [0, 0.05) is 19.1 Å². The molecule has 0 aromatic carbocycles. The van der Waals surface area contributed by atoms with E-state index in [1.54, 1.807) is 0 Å². The Morgan fingerprint density at radius 1 is 1.00 bits per heavy atom. The Balaban J connectivity index is 1.75. The second-order valence-electron chi connectivity index (χ2n) is 6.27. The number of nitrogens with one attached hydrogen (secondary N) is 1. The van der Waals surface area contributed by atoms with Crippen molar-refractivity contribution in [3.05, 3.63) is 0 Å². The molecular weight excluding hydrogens is 236 g/mol. The van der Waals surface area contributed by atoms with Gasteiger partial charge >= 0.3 is 6.03 Å². The fourth-order valence-electron chi connectivity index (χ4n) is 3.68. The van der Waals surface area contributed by atoms with Crippen LogP contribution in [0.15, 0.2) is 0 Å². The highest BCUT2D eigenvalue weighted by atomic mass is 16.2. The minimum absolute atomic E-state index is 0.181. The van der Waals surface area contributed by atoms with Gasteiger partial charge in [-0.2, -0.15) is 0 Å². The molecule has 19 heavy (non-hydrogen) atoms. The van der Waals surface area contributed by atoms with E-state index < -0.39 is 0 Å². The van der Waals surface area contributed by atoms with Gasteiger partial charge in [0.15, 0.2) is 0 Å². The van der Waals surface area contributed by atoms with Gasteiger partial charge in [0.05, 0.1) is 0 Å². The van der Waals surface area contributed by atoms with Gasteiger partial charge in [-0.1, -0.05) is 38.5 Å². The van der Waals surface area contributed by atoms with Gasteiger partial charge in [-0.05, 0) is 38.5 Å². The molecular formula is C16H30N2O. The molecule has 0 aromatic heterocycles. The average Bonchev–Trinajstić information content (AvgIpc) is 2.48. The molecule has 2 aliphatic rings. The Kier molecular flexibility index (Phi) is 5.99. The summed E-state index contributed by atoms with van der Waals surface area (Å²) < 4.78 is 0. The quantitative estimate of drug-likeness (QED) is 0.821. The Hall–Kier alpha value is -0.730. The van der Waals surface area contributed by atoms with Gasteiger partial charge < -0.3 is 10.2 Å². The van der Waals surface area contributed by atoms with Crippen LogP contribution in [0.2, 0.25) is 0 Å². The number of hydrogen-bond donors (Lipinski definition) is 1. The lowest BCUT2D eigenvalue weighted by Crippen LogP contribution is -2.47. The molecule has 2 amide bonds. The van der Waals surface area contributed by atoms with Crippen LogP contribution in [0.1, 0.15) is 71.1 Å². The van der Waals surface area contributed by atoms with Crippen LogP contribution >= 0.6 is 0 Å². The molecule has 0 heterocycles. The van der Waals surface area contributed by atoms with Crippen LogP contribution in [-0.4, -0.2) is 30.1 Å². The first-order valence-electron chi connectivity index (χ1n) is 8.35. The molecule has 2 rings (SSSR count). The van der Waals surface area contributed by atoms with E-state index in [1.165, 1.54) is 64.2 Å². The summed E-state index contributed by atoms with van der Waals surface area (Å²) in [6.45, 7) is 3.85. The first-order chi connectivity index (χ1) is 9.31. The van der Waals surface area contributed by atoms with E-state index in [2.05, 4.69) is 17.1 Å². The minimum Gasteiger partial charge on any atom is -0.338 e. The van der Waals surface area contributed by atoms with Crippen molar-refractivity contribution in [3.63, 3.8) is 0 Å². The van der Waals surface area contributed by atoms with E-state index in [9.17, 15) is 4.79 Å². The second kappa shape index (κ2) is 7.76. The van der Waals surface area contributed by atoms with Gasteiger partial charge in [0.2, 0.25) is 0 Å². The summed E-state index contributed by atoms with van der Waals surface area (Å²) in [7, 11) is 0. The van der Waals surface area contributed by atoms with Crippen LogP contribution in [0.4, 0.5) is 4.79 Å². The second-order valence-corrected chi connectivity index (χ2v) is 6.27. The number of urea groups is 1. The van der Waals surface area contributed by atoms with Crippen molar-refractivity contribution in [2.24, 2.45) is 5.92 Å². The fourth-order valence-corrected chi connectivity index (χ4v) is 3.68. The number of rotatable bonds is 4. The van der Waals surface area contributed by atoms with Crippen molar-refractivity contribution in [1.82, 2.24) is 10.2 Å². The average molecular weight is 266 g/mol. The predicted molar refractivity (Wildman–Crippen MR) is 79.2 cm³/mol. The summed E-state index contributed by atoms with van der Waals surface area (Å²) in [6.07, 6.45) is 13.0. The van der Waals surface area contributed by atoms with Crippen LogP contribution < -0.4 is 5.32 Å². The molecule has 3 nitrogen and oxygen atoms in total. The highest BCUT2D eigenvalue weighted by molar-refractivity contribution is 5.74. The lowest BCUT2D eigenvalue weighted by molar-refractivity contribution is 0.157. The maximum Gasteiger partial charge on any atom is 0.317 e. The third-order valence-electron chi connectivity index (χ3n) is 4.88. The third kappa shape index (κ3) is 4.39. The molecule has 1 N–H and O–H groups in total. The normalized spacial score (nSPS) is 22.2. The van der Waals surface area contributed by atoms with Gasteiger partial charge in [0.1, 0.15) is 0 Å². The van der Waals surface area contributed by atoms with Gasteiger partial charge in [-0.25, -0.2) is 4.79 Å². The summed E-state index contributed by atoms with van der Waals surface area (Å²) in [5.41, 5.74) is 0. The van der Waals surface area contributed by atoms with E-state index in [1.807, 2.05) is 0 Å². The van der Waals surface area contributed by atoms with Crippen LogP contribution in [0, 0.1) is 5.92 Å². The molecule has 0 aliphatic heterocycles. The minimum atomic E-state index is 0.181. The number of amides is 2. The zero-order valence-electron chi connectivity index (χ0n) is 12.5. The lowest BCUT2D eigenvalue weighted by atomic mass is 9.89. The van der Waals surface area contributed by atoms with E-state index in [0.29, 0.717) is 6.04 Å². The van der Waals surface area contributed by atoms with E-state index >= 15 is 0 Å². The molecule has 110 valence electrons. The summed E-state index contributed by atoms with van der Waals surface area (Å²) >= 11 is 0. The Morgan fingerprint density at radius 3 is 2.16 bits per heavy atom. The Labute approximate surface area is 118 Å². The van der Waals surface area contributed by atoms with Gasteiger partial charge in [0.25, 0.3) is 0 Å². The number of nitrogens with zero attached hydrogens (tertiary/aromatic N) is 1. The summed E-state index contributed by atoms with van der Waals surface area (Å²) in [5.74, 6) is 0.725. The molecule has 2 aliphatic carbocycles. The maximum atomic E-state index is 12.3. The molecule has 0 spiro atoms. The monoisotopic (exact) mass is 266 g/mol. The number of carbonyl (C=O) groups is 1. The van der Waals surface area contributed by atoms with Gasteiger partial charge in [-0.15, -0.1) is 0 Å². The molecule has 0 radical (unpaired) electrons. The van der Waals surface area contributed by atoms with E-state index in [-0.39, 0.29) is 6.03 Å². The third-order valence-corrected chi connectivity index (χ3v) is 4.88.